The van der Waals surface area contributed by atoms with Gasteiger partial charge in [0.25, 0.3) is 0 Å². The Bertz CT molecular complexity index is 484. The molecule has 21 heavy (non-hydrogen) atoms. The molecular weight excluding hydrogens is 288 g/mol. The van der Waals surface area contributed by atoms with Gasteiger partial charge in [-0.05, 0) is 36.5 Å². The molecule has 0 fully saturated rings. The van der Waals surface area contributed by atoms with Gasteiger partial charge in [-0.1, -0.05) is 38.4 Å². The van der Waals surface area contributed by atoms with E-state index in [0.717, 1.165) is 11.3 Å². The van der Waals surface area contributed by atoms with Gasteiger partial charge in [0.2, 0.25) is 0 Å². The van der Waals surface area contributed by atoms with Crippen LogP contribution in [0.1, 0.15) is 32.8 Å². The van der Waals surface area contributed by atoms with Gasteiger partial charge >= 0.3 is 6.03 Å². The minimum atomic E-state index is -0.163. The number of halogens is 1. The maximum Gasteiger partial charge on any atom is 0.321 e. The molecule has 0 aliphatic heterocycles. The summed E-state index contributed by atoms with van der Waals surface area (Å²) in [6, 6.07) is 5.25. The van der Waals surface area contributed by atoms with E-state index in [2.05, 4.69) is 26.1 Å². The Morgan fingerprint density at radius 2 is 2.05 bits per heavy atom. The molecule has 0 spiro atoms. The molecular formula is C16H25ClN2O2. The van der Waals surface area contributed by atoms with Crippen molar-refractivity contribution in [2.24, 2.45) is 5.41 Å². The van der Waals surface area contributed by atoms with Crippen molar-refractivity contribution < 1.29 is 9.90 Å². The van der Waals surface area contributed by atoms with Crippen molar-refractivity contribution in [3.8, 4) is 0 Å². The molecule has 0 radical (unpaired) electrons. The standard InChI is InChI=1S/C16H25ClN2O2/c1-12-6-7-13(17)10-14(12)18-15(21)19(8-5-9-20)11-16(2,3)4/h6-7,10,20H,5,8-9,11H2,1-4H3,(H,18,21). The highest BCUT2D eigenvalue weighted by molar-refractivity contribution is 6.31. The fraction of sp³-hybridized carbons (Fsp3) is 0.562. The number of aliphatic hydroxyl groups is 1. The van der Waals surface area contributed by atoms with Gasteiger partial charge in [-0.25, -0.2) is 4.79 Å². The highest BCUT2D eigenvalue weighted by atomic mass is 35.5. The van der Waals surface area contributed by atoms with Crippen LogP contribution >= 0.6 is 11.6 Å². The van der Waals surface area contributed by atoms with Gasteiger partial charge in [0, 0.05) is 30.4 Å². The second-order valence-corrected chi connectivity index (χ2v) is 6.89. The highest BCUT2D eigenvalue weighted by Gasteiger charge is 2.21. The normalized spacial score (nSPS) is 11.3. The molecule has 0 atom stereocenters. The summed E-state index contributed by atoms with van der Waals surface area (Å²) >= 11 is 5.97. The number of rotatable bonds is 5. The number of nitrogens with zero attached hydrogens (tertiary/aromatic N) is 1. The zero-order valence-electron chi connectivity index (χ0n) is 13.2. The van der Waals surface area contributed by atoms with Gasteiger partial charge in [0.05, 0.1) is 0 Å². The largest absolute Gasteiger partial charge is 0.396 e. The van der Waals surface area contributed by atoms with Crippen LogP contribution in [0.5, 0.6) is 0 Å². The molecule has 0 saturated carbocycles. The molecule has 2 amide bonds. The monoisotopic (exact) mass is 312 g/mol. The summed E-state index contributed by atoms with van der Waals surface area (Å²) in [5.74, 6) is 0. The predicted molar refractivity (Wildman–Crippen MR) is 87.9 cm³/mol. The molecule has 0 unspecified atom stereocenters. The van der Waals surface area contributed by atoms with Gasteiger partial charge in [0.15, 0.2) is 0 Å². The van der Waals surface area contributed by atoms with Crippen LogP contribution in [0.3, 0.4) is 0 Å². The molecule has 0 aliphatic rings. The predicted octanol–water partition coefficient (Wildman–Crippen LogP) is 3.91. The first-order valence-electron chi connectivity index (χ1n) is 7.16. The lowest BCUT2D eigenvalue weighted by Gasteiger charge is -2.30. The summed E-state index contributed by atoms with van der Waals surface area (Å²) in [7, 11) is 0. The molecule has 0 saturated heterocycles. The molecule has 0 aromatic heterocycles. The number of aryl methyl sites for hydroxylation is 1. The fourth-order valence-electron chi connectivity index (χ4n) is 2.01. The van der Waals surface area contributed by atoms with Crippen molar-refractivity contribution in [1.29, 1.82) is 0 Å². The Kier molecular flexibility index (Phi) is 6.49. The second-order valence-electron chi connectivity index (χ2n) is 6.45. The van der Waals surface area contributed by atoms with E-state index in [1.807, 2.05) is 13.0 Å². The number of nitrogens with one attached hydrogen (secondary N) is 1. The minimum absolute atomic E-state index is 0.00380. The molecule has 1 aromatic rings. The third kappa shape index (κ3) is 6.36. The quantitative estimate of drug-likeness (QED) is 0.866. The topological polar surface area (TPSA) is 52.6 Å². The fourth-order valence-corrected chi connectivity index (χ4v) is 2.18. The molecule has 118 valence electrons. The summed E-state index contributed by atoms with van der Waals surface area (Å²) in [6.07, 6.45) is 0.567. The van der Waals surface area contributed by atoms with Gasteiger partial charge < -0.3 is 15.3 Å². The first kappa shape index (κ1) is 17.8. The Morgan fingerprint density at radius 3 is 2.62 bits per heavy atom. The molecule has 0 bridgehead atoms. The van der Waals surface area contributed by atoms with Crippen molar-refractivity contribution in [3.05, 3.63) is 28.8 Å². The van der Waals surface area contributed by atoms with E-state index in [4.69, 9.17) is 16.7 Å². The number of benzene rings is 1. The van der Waals surface area contributed by atoms with Gasteiger partial charge in [-0.3, -0.25) is 0 Å². The van der Waals surface area contributed by atoms with Gasteiger partial charge in [-0.15, -0.1) is 0 Å². The molecule has 0 heterocycles. The number of anilines is 1. The first-order valence-corrected chi connectivity index (χ1v) is 7.53. The van der Waals surface area contributed by atoms with Crippen molar-refractivity contribution in [2.45, 2.75) is 34.1 Å². The Balaban J connectivity index is 2.82. The van der Waals surface area contributed by atoms with Crippen LogP contribution in [0.15, 0.2) is 18.2 Å². The van der Waals surface area contributed by atoms with Gasteiger partial charge in [0.1, 0.15) is 0 Å². The van der Waals surface area contributed by atoms with Crippen LogP contribution in [0, 0.1) is 12.3 Å². The van der Waals surface area contributed by atoms with E-state index in [1.165, 1.54) is 0 Å². The van der Waals surface area contributed by atoms with E-state index in [9.17, 15) is 4.79 Å². The lowest BCUT2D eigenvalue weighted by atomic mass is 9.96. The van der Waals surface area contributed by atoms with Crippen LogP contribution in [0.25, 0.3) is 0 Å². The number of carbonyl (C=O) groups is 1. The summed E-state index contributed by atoms with van der Waals surface area (Å²) in [6.45, 7) is 9.39. The molecule has 2 N–H and O–H groups in total. The number of aliphatic hydroxyl groups excluding tert-OH is 1. The third-order valence-electron chi connectivity index (χ3n) is 2.98. The maximum atomic E-state index is 12.4. The number of urea groups is 1. The summed E-state index contributed by atoms with van der Waals surface area (Å²) in [5, 5.41) is 12.5. The van der Waals surface area contributed by atoms with Crippen LogP contribution in [-0.2, 0) is 0 Å². The number of carbonyl (C=O) groups excluding carboxylic acids is 1. The zero-order valence-corrected chi connectivity index (χ0v) is 14.0. The summed E-state index contributed by atoms with van der Waals surface area (Å²) in [5.41, 5.74) is 1.68. The summed E-state index contributed by atoms with van der Waals surface area (Å²) < 4.78 is 0. The first-order chi connectivity index (χ1) is 9.73. The van der Waals surface area contributed by atoms with E-state index in [1.54, 1.807) is 17.0 Å². The Hall–Kier alpha value is -1.26. The van der Waals surface area contributed by atoms with Crippen molar-refractivity contribution in [3.63, 3.8) is 0 Å². The average Bonchev–Trinajstić information content (AvgIpc) is 2.37. The van der Waals surface area contributed by atoms with Crippen LogP contribution in [0.2, 0.25) is 5.02 Å². The highest BCUT2D eigenvalue weighted by Crippen LogP contribution is 2.21. The van der Waals surface area contributed by atoms with E-state index in [-0.39, 0.29) is 18.1 Å². The second kappa shape index (κ2) is 7.66. The van der Waals surface area contributed by atoms with Crippen molar-refractivity contribution in [1.82, 2.24) is 4.90 Å². The van der Waals surface area contributed by atoms with Crippen LogP contribution in [-0.4, -0.2) is 35.7 Å². The Morgan fingerprint density at radius 1 is 1.38 bits per heavy atom. The molecule has 4 nitrogen and oxygen atoms in total. The minimum Gasteiger partial charge on any atom is -0.396 e. The summed E-state index contributed by atoms with van der Waals surface area (Å²) in [4.78, 5) is 14.2. The van der Waals surface area contributed by atoms with E-state index < -0.39 is 0 Å². The van der Waals surface area contributed by atoms with Crippen LogP contribution in [0.4, 0.5) is 10.5 Å². The smallest absolute Gasteiger partial charge is 0.321 e. The average molecular weight is 313 g/mol. The number of hydrogen-bond acceptors (Lipinski definition) is 2. The SMILES string of the molecule is Cc1ccc(Cl)cc1NC(=O)N(CCCO)CC(C)(C)C. The van der Waals surface area contributed by atoms with Gasteiger partial charge in [-0.2, -0.15) is 0 Å². The third-order valence-corrected chi connectivity index (χ3v) is 3.21. The lowest BCUT2D eigenvalue weighted by molar-refractivity contribution is 0.176. The maximum absolute atomic E-state index is 12.4. The zero-order chi connectivity index (χ0) is 16.0. The molecule has 1 aromatic carbocycles. The van der Waals surface area contributed by atoms with E-state index >= 15 is 0 Å². The van der Waals surface area contributed by atoms with Crippen molar-refractivity contribution in [2.75, 3.05) is 25.0 Å². The molecule has 5 heteroatoms. The molecule has 1 rings (SSSR count). The van der Waals surface area contributed by atoms with Crippen molar-refractivity contribution >= 4 is 23.3 Å². The number of amides is 2. The van der Waals surface area contributed by atoms with Crippen LogP contribution < -0.4 is 5.32 Å². The Labute approximate surface area is 132 Å². The number of hydrogen-bond donors (Lipinski definition) is 2. The lowest BCUT2D eigenvalue weighted by Crippen LogP contribution is -2.41. The molecule has 0 aliphatic carbocycles. The van der Waals surface area contributed by atoms with E-state index in [0.29, 0.717) is 24.5 Å².